The van der Waals surface area contributed by atoms with Crippen molar-refractivity contribution in [2.45, 2.75) is 13.3 Å². The summed E-state index contributed by atoms with van der Waals surface area (Å²) in [6.07, 6.45) is 0.675. The number of hydrogen-bond acceptors (Lipinski definition) is 3. The maximum Gasteiger partial charge on any atom is 0.308 e. The highest BCUT2D eigenvalue weighted by molar-refractivity contribution is 6.30. The van der Waals surface area contributed by atoms with Crippen molar-refractivity contribution in [1.29, 1.82) is 5.26 Å². The van der Waals surface area contributed by atoms with E-state index in [-0.39, 0.29) is 5.92 Å². The van der Waals surface area contributed by atoms with Gasteiger partial charge in [-0.15, -0.1) is 0 Å². The lowest BCUT2D eigenvalue weighted by atomic mass is 9.90. The van der Waals surface area contributed by atoms with Crippen molar-refractivity contribution in [3.05, 3.63) is 28.8 Å². The minimum Gasteiger partial charge on any atom is -0.481 e. The summed E-state index contributed by atoms with van der Waals surface area (Å²) in [7, 11) is 0. The van der Waals surface area contributed by atoms with Crippen LogP contribution in [0.15, 0.2) is 18.2 Å². The smallest absolute Gasteiger partial charge is 0.308 e. The van der Waals surface area contributed by atoms with Crippen LogP contribution in [0.3, 0.4) is 0 Å². The fourth-order valence-electron chi connectivity index (χ4n) is 2.59. The number of halogens is 1. The highest BCUT2D eigenvalue weighted by Gasteiger charge is 2.30. The highest BCUT2D eigenvalue weighted by atomic mass is 35.5. The molecular formula is C14H15ClN2O2. The van der Waals surface area contributed by atoms with E-state index in [0.717, 1.165) is 12.2 Å². The molecule has 0 aliphatic carbocycles. The summed E-state index contributed by atoms with van der Waals surface area (Å²) in [5, 5.41) is 18.9. The molecule has 1 fully saturated rings. The normalized spacial score (nSPS) is 22.9. The van der Waals surface area contributed by atoms with Crippen molar-refractivity contribution in [1.82, 2.24) is 0 Å². The Balaban J connectivity index is 2.33. The van der Waals surface area contributed by atoms with E-state index in [1.54, 1.807) is 18.2 Å². The summed E-state index contributed by atoms with van der Waals surface area (Å²) >= 11 is 5.98. The fourth-order valence-corrected chi connectivity index (χ4v) is 2.75. The van der Waals surface area contributed by atoms with E-state index in [0.29, 0.717) is 23.6 Å². The zero-order chi connectivity index (χ0) is 14.0. The van der Waals surface area contributed by atoms with Crippen molar-refractivity contribution < 1.29 is 9.90 Å². The third kappa shape index (κ3) is 2.99. The van der Waals surface area contributed by atoms with Gasteiger partial charge in [-0.05, 0) is 30.5 Å². The molecule has 1 aliphatic rings. The molecule has 0 aromatic heterocycles. The topological polar surface area (TPSA) is 64.3 Å². The van der Waals surface area contributed by atoms with Crippen molar-refractivity contribution in [3.63, 3.8) is 0 Å². The number of carboxylic acids is 1. The van der Waals surface area contributed by atoms with Crippen molar-refractivity contribution >= 4 is 23.3 Å². The van der Waals surface area contributed by atoms with E-state index in [9.17, 15) is 9.90 Å². The van der Waals surface area contributed by atoms with Crippen molar-refractivity contribution in [3.8, 4) is 6.07 Å². The number of carboxylic acid groups (broad SMARTS) is 1. The first-order valence-electron chi connectivity index (χ1n) is 6.18. The van der Waals surface area contributed by atoms with Gasteiger partial charge in [0.1, 0.15) is 6.07 Å². The lowest BCUT2D eigenvalue weighted by molar-refractivity contribution is -0.142. The third-order valence-electron chi connectivity index (χ3n) is 3.43. The molecular weight excluding hydrogens is 264 g/mol. The first-order chi connectivity index (χ1) is 9.01. The van der Waals surface area contributed by atoms with Gasteiger partial charge in [0, 0.05) is 18.1 Å². The van der Waals surface area contributed by atoms with Crippen LogP contribution in [-0.4, -0.2) is 24.2 Å². The molecule has 1 heterocycles. The molecule has 1 aromatic carbocycles. The summed E-state index contributed by atoms with van der Waals surface area (Å²) in [6, 6.07) is 7.21. The molecule has 0 spiro atoms. The summed E-state index contributed by atoms with van der Waals surface area (Å²) in [4.78, 5) is 13.1. The van der Waals surface area contributed by atoms with Gasteiger partial charge in [-0.25, -0.2) is 0 Å². The number of aliphatic carboxylic acids is 1. The number of anilines is 1. The van der Waals surface area contributed by atoms with Crippen LogP contribution in [-0.2, 0) is 4.79 Å². The molecule has 2 rings (SSSR count). The second kappa shape index (κ2) is 5.50. The SMILES string of the molecule is CC1CC(C(=O)O)CN(c2cc(Cl)ccc2C#N)C1. The average Bonchev–Trinajstić information content (AvgIpc) is 2.37. The van der Waals surface area contributed by atoms with E-state index >= 15 is 0 Å². The van der Waals surface area contributed by atoms with Crippen LogP contribution in [0.4, 0.5) is 5.69 Å². The third-order valence-corrected chi connectivity index (χ3v) is 3.66. The molecule has 0 saturated carbocycles. The molecule has 0 bridgehead atoms. The standard InChI is InChI=1S/C14H15ClN2O2/c1-9-4-11(14(18)19)8-17(7-9)13-5-12(15)3-2-10(13)6-16/h2-3,5,9,11H,4,7-8H2,1H3,(H,18,19). The van der Waals surface area contributed by atoms with Crippen molar-refractivity contribution in [2.75, 3.05) is 18.0 Å². The Morgan fingerprint density at radius 3 is 2.89 bits per heavy atom. The van der Waals surface area contributed by atoms with Crippen LogP contribution in [0, 0.1) is 23.2 Å². The average molecular weight is 279 g/mol. The minimum atomic E-state index is -0.780. The van der Waals surface area contributed by atoms with E-state index in [1.807, 2.05) is 11.8 Å². The zero-order valence-electron chi connectivity index (χ0n) is 10.6. The van der Waals surface area contributed by atoms with Gasteiger partial charge in [0.25, 0.3) is 0 Å². The molecule has 0 amide bonds. The second-order valence-corrected chi connectivity index (χ2v) is 5.49. The molecule has 1 aliphatic heterocycles. The zero-order valence-corrected chi connectivity index (χ0v) is 11.4. The van der Waals surface area contributed by atoms with Crippen LogP contribution in [0.2, 0.25) is 5.02 Å². The summed E-state index contributed by atoms with van der Waals surface area (Å²) in [5.74, 6) is -0.897. The molecule has 0 radical (unpaired) electrons. The molecule has 4 nitrogen and oxygen atoms in total. The second-order valence-electron chi connectivity index (χ2n) is 5.05. The Morgan fingerprint density at radius 1 is 1.53 bits per heavy atom. The van der Waals surface area contributed by atoms with Crippen LogP contribution in [0.1, 0.15) is 18.9 Å². The number of hydrogen-bond donors (Lipinski definition) is 1. The number of piperidine rings is 1. The summed E-state index contributed by atoms with van der Waals surface area (Å²) in [5.41, 5.74) is 1.26. The van der Waals surface area contributed by atoms with Gasteiger partial charge in [-0.2, -0.15) is 5.26 Å². The van der Waals surface area contributed by atoms with Gasteiger partial charge in [0.15, 0.2) is 0 Å². The maximum atomic E-state index is 11.2. The molecule has 1 saturated heterocycles. The first kappa shape index (κ1) is 13.7. The Hall–Kier alpha value is -1.73. The predicted octanol–water partition coefficient (Wildman–Crippen LogP) is 2.76. The summed E-state index contributed by atoms with van der Waals surface area (Å²) < 4.78 is 0. The molecule has 2 atom stereocenters. The number of carbonyl (C=O) groups is 1. The predicted molar refractivity (Wildman–Crippen MR) is 73.3 cm³/mol. The van der Waals surface area contributed by atoms with Gasteiger partial charge < -0.3 is 10.0 Å². The van der Waals surface area contributed by atoms with E-state index in [4.69, 9.17) is 16.9 Å². The molecule has 19 heavy (non-hydrogen) atoms. The molecule has 1 N–H and O–H groups in total. The molecule has 2 unspecified atom stereocenters. The van der Waals surface area contributed by atoms with Gasteiger partial charge >= 0.3 is 5.97 Å². The number of rotatable bonds is 2. The van der Waals surface area contributed by atoms with Crippen LogP contribution >= 0.6 is 11.6 Å². The Kier molecular flexibility index (Phi) is 3.96. The van der Waals surface area contributed by atoms with Gasteiger partial charge in [0.05, 0.1) is 17.2 Å². The van der Waals surface area contributed by atoms with E-state index in [2.05, 4.69) is 6.07 Å². The Labute approximate surface area is 117 Å². The molecule has 5 heteroatoms. The van der Waals surface area contributed by atoms with Gasteiger partial charge in [-0.1, -0.05) is 18.5 Å². The van der Waals surface area contributed by atoms with E-state index in [1.165, 1.54) is 0 Å². The van der Waals surface area contributed by atoms with Crippen molar-refractivity contribution in [2.24, 2.45) is 11.8 Å². The first-order valence-corrected chi connectivity index (χ1v) is 6.56. The van der Waals surface area contributed by atoms with Gasteiger partial charge in [-0.3, -0.25) is 4.79 Å². The quantitative estimate of drug-likeness (QED) is 0.903. The van der Waals surface area contributed by atoms with E-state index < -0.39 is 11.9 Å². The van der Waals surface area contributed by atoms with Crippen LogP contribution in [0.25, 0.3) is 0 Å². The van der Waals surface area contributed by atoms with Crippen LogP contribution in [0.5, 0.6) is 0 Å². The molecule has 100 valence electrons. The minimum absolute atomic E-state index is 0.278. The highest BCUT2D eigenvalue weighted by Crippen LogP contribution is 2.30. The lowest BCUT2D eigenvalue weighted by Crippen LogP contribution is -2.42. The fraction of sp³-hybridized carbons (Fsp3) is 0.429. The summed E-state index contributed by atoms with van der Waals surface area (Å²) in [6.45, 7) is 3.20. The molecule has 1 aromatic rings. The lowest BCUT2D eigenvalue weighted by Gasteiger charge is -2.36. The maximum absolute atomic E-state index is 11.2. The number of benzene rings is 1. The van der Waals surface area contributed by atoms with Crippen LogP contribution < -0.4 is 4.90 Å². The number of nitriles is 1. The Morgan fingerprint density at radius 2 is 2.26 bits per heavy atom. The van der Waals surface area contributed by atoms with Gasteiger partial charge in [0.2, 0.25) is 0 Å². The monoisotopic (exact) mass is 278 g/mol. The Bertz CT molecular complexity index is 539. The largest absolute Gasteiger partial charge is 0.481 e. The number of nitrogens with zero attached hydrogens (tertiary/aromatic N) is 2.